The Labute approximate surface area is 186 Å². The number of hydrogen-bond donors (Lipinski definition) is 1. The molecule has 0 saturated carbocycles. The Kier molecular flexibility index (Phi) is 6.33. The fraction of sp³-hybridized carbons (Fsp3) is 0.250. The predicted octanol–water partition coefficient (Wildman–Crippen LogP) is 1.59. The maximum absolute atomic E-state index is 13.0. The molecule has 1 saturated heterocycles. The van der Waals surface area contributed by atoms with E-state index in [2.05, 4.69) is 14.9 Å². The molecule has 1 N–H and O–H groups in total. The van der Waals surface area contributed by atoms with Crippen LogP contribution in [0.15, 0.2) is 47.0 Å². The first-order valence-corrected chi connectivity index (χ1v) is 11.1. The molecule has 2 aliphatic rings. The molecule has 2 aliphatic heterocycles. The SMILES string of the molecule is COc1ccc(COC(=O)C2=C(/C=C\c3csnn3)CSC3C(NC=O)C(=O)N23)cc1. The monoisotopic (exact) mass is 458 g/mol. The Balaban J connectivity index is 1.56. The number of aromatic nitrogens is 2. The minimum absolute atomic E-state index is 0.0508. The van der Waals surface area contributed by atoms with Gasteiger partial charge in [0.15, 0.2) is 0 Å². The van der Waals surface area contributed by atoms with E-state index in [1.807, 2.05) is 0 Å². The van der Waals surface area contributed by atoms with Crippen LogP contribution in [0.4, 0.5) is 0 Å². The third-order valence-electron chi connectivity index (χ3n) is 4.80. The third-order valence-corrected chi connectivity index (χ3v) is 6.62. The van der Waals surface area contributed by atoms with Gasteiger partial charge in [0.1, 0.15) is 29.5 Å². The highest BCUT2D eigenvalue weighted by Crippen LogP contribution is 2.41. The first kappa shape index (κ1) is 21.1. The maximum atomic E-state index is 13.0. The molecule has 0 bridgehead atoms. The summed E-state index contributed by atoms with van der Waals surface area (Å²) >= 11 is 2.69. The number of nitrogens with zero attached hydrogens (tertiary/aromatic N) is 3. The minimum Gasteiger partial charge on any atom is -0.497 e. The van der Waals surface area contributed by atoms with Crippen LogP contribution in [0, 0.1) is 0 Å². The van der Waals surface area contributed by atoms with Gasteiger partial charge >= 0.3 is 5.97 Å². The number of β-lactam (4-membered cyclic amide) rings is 1. The van der Waals surface area contributed by atoms with E-state index in [0.29, 0.717) is 29.2 Å². The standard InChI is InChI=1S/C20H18N4O5S2/c1-28-15-6-2-12(3-7-15)8-29-20(27)17-13(4-5-14-10-31-23-22-14)9-30-19-16(21-11-25)18(26)24(17)19/h2-7,10-11,16,19H,8-9H2,1H3,(H,21,25)/b5-4-. The van der Waals surface area contributed by atoms with Gasteiger partial charge in [0.2, 0.25) is 6.41 Å². The average Bonchev–Trinajstić information content (AvgIpc) is 3.33. The topological polar surface area (TPSA) is 111 Å². The summed E-state index contributed by atoms with van der Waals surface area (Å²) in [5.74, 6) is 0.234. The number of fused-ring (bicyclic) bond motifs is 1. The molecule has 2 unspecified atom stereocenters. The van der Waals surface area contributed by atoms with Gasteiger partial charge in [-0.2, -0.15) is 0 Å². The van der Waals surface area contributed by atoms with Crippen LogP contribution in [-0.4, -0.2) is 57.1 Å². The van der Waals surface area contributed by atoms with Crippen molar-refractivity contribution in [2.24, 2.45) is 0 Å². The maximum Gasteiger partial charge on any atom is 0.355 e. The molecule has 2 aromatic rings. The summed E-state index contributed by atoms with van der Waals surface area (Å²) in [6, 6.07) is 6.50. The highest BCUT2D eigenvalue weighted by molar-refractivity contribution is 8.00. The summed E-state index contributed by atoms with van der Waals surface area (Å²) in [6.07, 6.45) is 3.98. The zero-order valence-electron chi connectivity index (χ0n) is 16.4. The van der Waals surface area contributed by atoms with Crippen molar-refractivity contribution in [2.45, 2.75) is 18.0 Å². The lowest BCUT2D eigenvalue weighted by molar-refractivity contribution is -0.152. The lowest BCUT2D eigenvalue weighted by Gasteiger charge is -2.49. The molecule has 0 spiro atoms. The van der Waals surface area contributed by atoms with Gasteiger partial charge in [-0.25, -0.2) is 4.79 Å². The summed E-state index contributed by atoms with van der Waals surface area (Å²) in [5.41, 5.74) is 2.28. The third kappa shape index (κ3) is 4.32. The van der Waals surface area contributed by atoms with Crippen LogP contribution in [0.2, 0.25) is 0 Å². The fourth-order valence-corrected chi connectivity index (χ4v) is 4.97. The molecule has 31 heavy (non-hydrogen) atoms. The molecule has 9 nitrogen and oxygen atoms in total. The number of nitrogens with one attached hydrogen (secondary N) is 1. The zero-order chi connectivity index (χ0) is 21.8. The summed E-state index contributed by atoms with van der Waals surface area (Å²) in [5, 5.41) is 7.90. The van der Waals surface area contributed by atoms with Crippen LogP contribution in [0.25, 0.3) is 6.08 Å². The van der Waals surface area contributed by atoms with Gasteiger partial charge in [-0.15, -0.1) is 16.9 Å². The van der Waals surface area contributed by atoms with E-state index < -0.39 is 12.0 Å². The second kappa shape index (κ2) is 9.31. The number of hydrogen-bond acceptors (Lipinski definition) is 9. The number of carbonyl (C=O) groups is 3. The molecular formula is C20H18N4O5S2. The van der Waals surface area contributed by atoms with E-state index in [1.165, 1.54) is 28.2 Å². The van der Waals surface area contributed by atoms with E-state index in [-0.39, 0.29) is 23.6 Å². The predicted molar refractivity (Wildman–Crippen MR) is 115 cm³/mol. The summed E-state index contributed by atoms with van der Waals surface area (Å²) in [7, 11) is 1.58. The van der Waals surface area contributed by atoms with Crippen molar-refractivity contribution in [2.75, 3.05) is 12.9 Å². The first-order valence-electron chi connectivity index (χ1n) is 9.25. The van der Waals surface area contributed by atoms with Crippen molar-refractivity contribution in [1.82, 2.24) is 19.8 Å². The number of amides is 2. The van der Waals surface area contributed by atoms with Gasteiger partial charge in [-0.1, -0.05) is 22.7 Å². The fourth-order valence-electron chi connectivity index (χ4n) is 3.22. The van der Waals surface area contributed by atoms with Gasteiger partial charge in [-0.05, 0) is 40.9 Å². The van der Waals surface area contributed by atoms with Crippen LogP contribution in [0.3, 0.4) is 0 Å². The van der Waals surface area contributed by atoms with Crippen molar-refractivity contribution in [3.05, 3.63) is 58.2 Å². The Hall–Kier alpha value is -3.18. The Bertz CT molecular complexity index is 1040. The van der Waals surface area contributed by atoms with Crippen molar-refractivity contribution in [3.8, 4) is 5.75 Å². The van der Waals surface area contributed by atoms with Gasteiger partial charge in [0.05, 0.1) is 12.8 Å². The number of esters is 1. The minimum atomic E-state index is -0.653. The van der Waals surface area contributed by atoms with Gasteiger partial charge in [0, 0.05) is 11.1 Å². The molecular weight excluding hydrogens is 440 g/mol. The van der Waals surface area contributed by atoms with Crippen molar-refractivity contribution in [1.29, 1.82) is 0 Å². The van der Waals surface area contributed by atoms with Crippen LogP contribution in [0.5, 0.6) is 5.75 Å². The number of rotatable bonds is 8. The van der Waals surface area contributed by atoms with E-state index in [0.717, 1.165) is 5.56 Å². The Morgan fingerprint density at radius 2 is 2.13 bits per heavy atom. The number of ether oxygens (including phenoxy) is 2. The van der Waals surface area contributed by atoms with Crippen molar-refractivity contribution in [3.63, 3.8) is 0 Å². The zero-order valence-corrected chi connectivity index (χ0v) is 18.0. The second-order valence-electron chi connectivity index (χ2n) is 6.63. The van der Waals surface area contributed by atoms with Crippen LogP contribution < -0.4 is 10.1 Å². The van der Waals surface area contributed by atoms with Crippen molar-refractivity contribution >= 4 is 47.7 Å². The Morgan fingerprint density at radius 1 is 1.32 bits per heavy atom. The molecule has 1 aromatic carbocycles. The molecule has 2 amide bonds. The van der Waals surface area contributed by atoms with Crippen LogP contribution in [-0.2, 0) is 25.7 Å². The normalized spacial score (nSPS) is 20.3. The van der Waals surface area contributed by atoms with Gasteiger partial charge in [-0.3, -0.25) is 14.5 Å². The van der Waals surface area contributed by atoms with E-state index in [1.54, 1.807) is 48.9 Å². The molecule has 11 heteroatoms. The smallest absolute Gasteiger partial charge is 0.355 e. The molecule has 0 radical (unpaired) electrons. The highest BCUT2D eigenvalue weighted by Gasteiger charge is 2.53. The largest absolute Gasteiger partial charge is 0.497 e. The second-order valence-corrected chi connectivity index (χ2v) is 8.35. The lowest BCUT2D eigenvalue weighted by atomic mass is 10.0. The molecule has 1 fully saturated rings. The number of methoxy groups -OCH3 is 1. The molecule has 160 valence electrons. The van der Waals surface area contributed by atoms with Gasteiger partial charge in [0.25, 0.3) is 5.91 Å². The van der Waals surface area contributed by atoms with Crippen molar-refractivity contribution < 1.29 is 23.9 Å². The number of allylic oxidation sites excluding steroid dienone is 1. The number of benzene rings is 1. The summed E-state index contributed by atoms with van der Waals surface area (Å²) in [6.45, 7) is 0.0508. The summed E-state index contributed by atoms with van der Waals surface area (Å²) < 4.78 is 14.5. The molecule has 1 aromatic heterocycles. The lowest BCUT2D eigenvalue weighted by Crippen LogP contribution is -2.69. The average molecular weight is 459 g/mol. The quantitative estimate of drug-likeness (QED) is 0.361. The number of carbonyl (C=O) groups excluding carboxylic acids is 3. The molecule has 3 heterocycles. The molecule has 2 atom stereocenters. The van der Waals surface area contributed by atoms with Crippen LogP contribution in [0.1, 0.15) is 11.3 Å². The van der Waals surface area contributed by atoms with E-state index in [9.17, 15) is 14.4 Å². The van der Waals surface area contributed by atoms with Gasteiger partial charge < -0.3 is 14.8 Å². The summed E-state index contributed by atoms with van der Waals surface area (Å²) in [4.78, 5) is 37.8. The van der Waals surface area contributed by atoms with Crippen LogP contribution >= 0.6 is 23.3 Å². The van der Waals surface area contributed by atoms with E-state index >= 15 is 0 Å². The Morgan fingerprint density at radius 3 is 2.81 bits per heavy atom. The highest BCUT2D eigenvalue weighted by atomic mass is 32.2. The van der Waals surface area contributed by atoms with E-state index in [4.69, 9.17) is 9.47 Å². The first-order chi connectivity index (χ1) is 15.1. The number of thioether (sulfide) groups is 1. The molecule has 0 aliphatic carbocycles. The molecule has 4 rings (SSSR count).